The highest BCUT2D eigenvalue weighted by atomic mass is 16.1. The standard InChI is InChI=1S/C13H18N2O2/c1-4-15(5-2)9-8-12-11(10(3)16)6-7-13(17)14-12/h6-9H,4-5H2,1-3H3,(H,14,17). The molecule has 1 rings (SSSR count). The SMILES string of the molecule is CCN(C=Cc1[nH]c(=O)ccc1C(C)=O)CC. The fourth-order valence-corrected chi connectivity index (χ4v) is 1.54. The maximum absolute atomic E-state index is 11.4. The molecule has 17 heavy (non-hydrogen) atoms. The molecule has 1 heterocycles. The summed E-state index contributed by atoms with van der Waals surface area (Å²) in [5.41, 5.74) is 0.902. The molecule has 0 aromatic carbocycles. The van der Waals surface area contributed by atoms with Crippen molar-refractivity contribution in [3.05, 3.63) is 39.9 Å². The average Bonchev–Trinajstić information content (AvgIpc) is 2.30. The number of nitrogens with one attached hydrogen (secondary N) is 1. The number of nitrogens with zero attached hydrogens (tertiary/aromatic N) is 1. The van der Waals surface area contributed by atoms with Crippen molar-refractivity contribution >= 4 is 11.9 Å². The molecule has 0 atom stereocenters. The molecule has 0 aliphatic rings. The summed E-state index contributed by atoms with van der Waals surface area (Å²) in [6, 6.07) is 2.93. The van der Waals surface area contributed by atoms with Crippen LogP contribution < -0.4 is 5.56 Å². The predicted molar refractivity (Wildman–Crippen MR) is 69.0 cm³/mol. The van der Waals surface area contributed by atoms with E-state index in [1.807, 2.05) is 20.0 Å². The molecule has 0 aliphatic heterocycles. The summed E-state index contributed by atoms with van der Waals surface area (Å²) in [7, 11) is 0. The number of carbonyl (C=O) groups is 1. The number of rotatable bonds is 5. The summed E-state index contributed by atoms with van der Waals surface area (Å²) >= 11 is 0. The first kappa shape index (κ1) is 13.2. The van der Waals surface area contributed by atoms with Crippen molar-refractivity contribution in [3.8, 4) is 0 Å². The zero-order valence-corrected chi connectivity index (χ0v) is 10.5. The molecule has 0 radical (unpaired) electrons. The van der Waals surface area contributed by atoms with Gasteiger partial charge in [0.2, 0.25) is 5.56 Å². The van der Waals surface area contributed by atoms with E-state index >= 15 is 0 Å². The van der Waals surface area contributed by atoms with Gasteiger partial charge in [-0.2, -0.15) is 0 Å². The maximum Gasteiger partial charge on any atom is 0.248 e. The Bertz CT molecular complexity index is 471. The molecular formula is C13H18N2O2. The summed E-state index contributed by atoms with van der Waals surface area (Å²) < 4.78 is 0. The van der Waals surface area contributed by atoms with Crippen LogP contribution in [0.25, 0.3) is 6.08 Å². The molecule has 0 amide bonds. The zero-order chi connectivity index (χ0) is 12.8. The highest BCUT2D eigenvalue weighted by molar-refractivity contribution is 5.96. The van der Waals surface area contributed by atoms with E-state index in [1.54, 1.807) is 12.1 Å². The van der Waals surface area contributed by atoms with Crippen molar-refractivity contribution in [2.24, 2.45) is 0 Å². The second kappa shape index (κ2) is 6.03. The van der Waals surface area contributed by atoms with Gasteiger partial charge >= 0.3 is 0 Å². The van der Waals surface area contributed by atoms with Gasteiger partial charge in [-0.25, -0.2) is 0 Å². The van der Waals surface area contributed by atoms with Crippen LogP contribution in [-0.4, -0.2) is 28.8 Å². The first-order valence-electron chi connectivity index (χ1n) is 5.75. The second-order valence-corrected chi connectivity index (χ2v) is 3.74. The number of aromatic nitrogens is 1. The van der Waals surface area contributed by atoms with Gasteiger partial charge in [-0.1, -0.05) is 0 Å². The zero-order valence-electron chi connectivity index (χ0n) is 10.5. The molecule has 0 spiro atoms. The van der Waals surface area contributed by atoms with Crippen LogP contribution in [0.4, 0.5) is 0 Å². The predicted octanol–water partition coefficient (Wildman–Crippen LogP) is 1.89. The fourth-order valence-electron chi connectivity index (χ4n) is 1.54. The highest BCUT2D eigenvalue weighted by Gasteiger charge is 2.05. The van der Waals surface area contributed by atoms with Crippen LogP contribution in [0.3, 0.4) is 0 Å². The van der Waals surface area contributed by atoms with Crippen molar-refractivity contribution in [2.45, 2.75) is 20.8 Å². The summed E-state index contributed by atoms with van der Waals surface area (Å²) in [4.78, 5) is 27.4. The number of Topliss-reactive ketones (excluding diaryl/α,β-unsaturated/α-hetero) is 1. The Morgan fingerprint density at radius 1 is 1.35 bits per heavy atom. The van der Waals surface area contributed by atoms with Crippen LogP contribution in [0.1, 0.15) is 36.8 Å². The van der Waals surface area contributed by atoms with E-state index in [2.05, 4.69) is 9.88 Å². The lowest BCUT2D eigenvalue weighted by molar-refractivity contribution is 0.101. The first-order valence-corrected chi connectivity index (χ1v) is 5.75. The van der Waals surface area contributed by atoms with Gasteiger partial charge in [-0.15, -0.1) is 0 Å². The third-order valence-electron chi connectivity index (χ3n) is 2.59. The minimum Gasteiger partial charge on any atom is -0.378 e. The second-order valence-electron chi connectivity index (χ2n) is 3.74. The summed E-state index contributed by atoms with van der Waals surface area (Å²) in [6.45, 7) is 7.36. The molecule has 1 aromatic heterocycles. The Balaban J connectivity index is 3.08. The van der Waals surface area contributed by atoms with Crippen molar-refractivity contribution in [1.82, 2.24) is 9.88 Å². The molecular weight excluding hydrogens is 216 g/mol. The number of carbonyl (C=O) groups excluding carboxylic acids is 1. The Labute approximate surface area is 101 Å². The van der Waals surface area contributed by atoms with Gasteiger partial charge in [-0.3, -0.25) is 9.59 Å². The van der Waals surface area contributed by atoms with Gasteiger partial charge in [0, 0.05) is 30.9 Å². The van der Waals surface area contributed by atoms with E-state index in [1.165, 1.54) is 13.0 Å². The topological polar surface area (TPSA) is 53.2 Å². The molecule has 0 saturated carbocycles. The number of pyridine rings is 1. The fraction of sp³-hybridized carbons (Fsp3) is 0.385. The summed E-state index contributed by atoms with van der Waals surface area (Å²) in [6.07, 6.45) is 3.66. The number of aromatic amines is 1. The largest absolute Gasteiger partial charge is 0.378 e. The van der Waals surface area contributed by atoms with Gasteiger partial charge in [0.25, 0.3) is 0 Å². The van der Waals surface area contributed by atoms with Crippen LogP contribution in [0.15, 0.2) is 23.1 Å². The minimum atomic E-state index is -0.200. The lowest BCUT2D eigenvalue weighted by Crippen LogP contribution is -2.16. The van der Waals surface area contributed by atoms with Crippen molar-refractivity contribution in [1.29, 1.82) is 0 Å². The van der Waals surface area contributed by atoms with E-state index < -0.39 is 0 Å². The van der Waals surface area contributed by atoms with E-state index in [9.17, 15) is 9.59 Å². The molecule has 92 valence electrons. The molecule has 1 aromatic rings. The van der Waals surface area contributed by atoms with Crippen molar-refractivity contribution < 1.29 is 4.79 Å². The van der Waals surface area contributed by atoms with E-state index in [-0.39, 0.29) is 11.3 Å². The van der Waals surface area contributed by atoms with Gasteiger partial charge < -0.3 is 9.88 Å². The molecule has 1 N–H and O–H groups in total. The van der Waals surface area contributed by atoms with Crippen LogP contribution >= 0.6 is 0 Å². The molecule has 4 nitrogen and oxygen atoms in total. The number of hydrogen-bond donors (Lipinski definition) is 1. The van der Waals surface area contributed by atoms with Crippen molar-refractivity contribution in [2.75, 3.05) is 13.1 Å². The maximum atomic E-state index is 11.4. The van der Waals surface area contributed by atoms with Gasteiger partial charge in [-0.05, 0) is 32.9 Å². The molecule has 0 bridgehead atoms. The molecule has 0 fully saturated rings. The van der Waals surface area contributed by atoms with Crippen LogP contribution in [0.2, 0.25) is 0 Å². The van der Waals surface area contributed by atoms with E-state index in [4.69, 9.17) is 0 Å². The van der Waals surface area contributed by atoms with E-state index in [0.29, 0.717) is 11.3 Å². The first-order chi connectivity index (χ1) is 8.08. The van der Waals surface area contributed by atoms with Crippen LogP contribution in [0.5, 0.6) is 0 Å². The smallest absolute Gasteiger partial charge is 0.248 e. The van der Waals surface area contributed by atoms with Crippen molar-refractivity contribution in [3.63, 3.8) is 0 Å². The Hall–Kier alpha value is -1.84. The molecule has 0 unspecified atom stereocenters. The Morgan fingerprint density at radius 2 is 2.00 bits per heavy atom. The van der Waals surface area contributed by atoms with Gasteiger partial charge in [0.15, 0.2) is 5.78 Å². The lowest BCUT2D eigenvalue weighted by atomic mass is 10.1. The number of ketones is 1. The molecule has 0 aliphatic carbocycles. The third kappa shape index (κ3) is 3.59. The minimum absolute atomic E-state index is 0.0551. The molecule has 0 saturated heterocycles. The summed E-state index contributed by atoms with van der Waals surface area (Å²) in [5, 5.41) is 0. The van der Waals surface area contributed by atoms with Gasteiger partial charge in [0.1, 0.15) is 0 Å². The van der Waals surface area contributed by atoms with E-state index in [0.717, 1.165) is 13.1 Å². The normalized spacial score (nSPS) is 10.8. The Morgan fingerprint density at radius 3 is 2.53 bits per heavy atom. The van der Waals surface area contributed by atoms with Crippen LogP contribution in [0, 0.1) is 0 Å². The quantitative estimate of drug-likeness (QED) is 0.791. The van der Waals surface area contributed by atoms with Gasteiger partial charge in [0.05, 0.1) is 5.69 Å². The average molecular weight is 234 g/mol. The third-order valence-corrected chi connectivity index (χ3v) is 2.59. The van der Waals surface area contributed by atoms with Crippen LogP contribution in [-0.2, 0) is 0 Å². The monoisotopic (exact) mass is 234 g/mol. The lowest BCUT2D eigenvalue weighted by Gasteiger charge is -2.14. The Kier molecular flexibility index (Phi) is 4.69. The summed E-state index contributed by atoms with van der Waals surface area (Å²) in [5.74, 6) is -0.0551. The highest BCUT2D eigenvalue weighted by Crippen LogP contribution is 2.07. The number of H-pyrrole nitrogens is 1. The number of hydrogen-bond acceptors (Lipinski definition) is 3. The molecule has 4 heteroatoms.